The summed E-state index contributed by atoms with van der Waals surface area (Å²) in [6.45, 7) is 2.09. The molecule has 0 aliphatic rings. The molecule has 2 rings (SSSR count). The Bertz CT molecular complexity index is 555. The van der Waals surface area contributed by atoms with Crippen molar-refractivity contribution in [3.05, 3.63) is 68.7 Å². The summed E-state index contributed by atoms with van der Waals surface area (Å²) in [4.78, 5) is 0. The number of rotatable bonds is 4. The van der Waals surface area contributed by atoms with Crippen LogP contribution in [0.25, 0.3) is 0 Å². The molecule has 0 bridgehead atoms. The predicted molar refractivity (Wildman–Crippen MR) is 84.1 cm³/mol. The van der Waals surface area contributed by atoms with Crippen molar-refractivity contribution in [3.8, 4) is 0 Å². The molecular formula is C15H16BrClN2. The van der Waals surface area contributed by atoms with Gasteiger partial charge in [-0.1, -0.05) is 45.7 Å². The third kappa shape index (κ3) is 3.80. The second-order valence-corrected chi connectivity index (χ2v) is 5.90. The van der Waals surface area contributed by atoms with Gasteiger partial charge in [0, 0.05) is 9.50 Å². The molecule has 3 N–H and O–H groups in total. The molecule has 2 nitrogen and oxygen atoms in total. The number of halogens is 2. The second-order valence-electron chi connectivity index (χ2n) is 4.55. The van der Waals surface area contributed by atoms with E-state index in [9.17, 15) is 0 Å². The van der Waals surface area contributed by atoms with E-state index in [-0.39, 0.29) is 6.04 Å². The lowest BCUT2D eigenvalue weighted by atomic mass is 9.96. The van der Waals surface area contributed by atoms with E-state index in [1.807, 2.05) is 30.3 Å². The molecule has 0 aliphatic heterocycles. The Labute approximate surface area is 127 Å². The van der Waals surface area contributed by atoms with Gasteiger partial charge < -0.3 is 0 Å². The number of aryl methyl sites for hydroxylation is 1. The maximum atomic E-state index is 5.90. The Balaban J connectivity index is 2.22. The average molecular weight is 340 g/mol. The highest BCUT2D eigenvalue weighted by molar-refractivity contribution is 9.10. The van der Waals surface area contributed by atoms with Gasteiger partial charge in [-0.2, -0.15) is 0 Å². The molecule has 0 aromatic heterocycles. The molecule has 2 aromatic carbocycles. The third-order valence-corrected chi connectivity index (χ3v) is 3.91. The van der Waals surface area contributed by atoms with Crippen molar-refractivity contribution in [1.82, 2.24) is 5.43 Å². The molecule has 0 aliphatic carbocycles. The van der Waals surface area contributed by atoms with Crippen LogP contribution in [-0.2, 0) is 6.42 Å². The van der Waals surface area contributed by atoms with Crippen molar-refractivity contribution in [3.63, 3.8) is 0 Å². The Kier molecular flexibility index (Phi) is 4.99. The Hall–Kier alpha value is -0.870. The largest absolute Gasteiger partial charge is 0.271 e. The highest BCUT2D eigenvalue weighted by Gasteiger charge is 2.13. The fraction of sp³-hybridized carbons (Fsp3) is 0.200. The first kappa shape index (κ1) is 14.5. The van der Waals surface area contributed by atoms with Crippen LogP contribution in [-0.4, -0.2) is 0 Å². The molecule has 19 heavy (non-hydrogen) atoms. The van der Waals surface area contributed by atoms with Gasteiger partial charge >= 0.3 is 0 Å². The Morgan fingerprint density at radius 3 is 2.47 bits per heavy atom. The summed E-state index contributed by atoms with van der Waals surface area (Å²) in [6, 6.07) is 14.2. The normalized spacial score (nSPS) is 12.4. The first-order valence-corrected chi connectivity index (χ1v) is 7.24. The van der Waals surface area contributed by atoms with Crippen LogP contribution in [0.2, 0.25) is 5.02 Å². The second kappa shape index (κ2) is 6.53. The molecule has 1 unspecified atom stereocenters. The van der Waals surface area contributed by atoms with Crippen molar-refractivity contribution in [2.75, 3.05) is 0 Å². The molecule has 0 saturated carbocycles. The maximum Gasteiger partial charge on any atom is 0.0502 e. The van der Waals surface area contributed by atoms with Crippen LogP contribution < -0.4 is 11.3 Å². The van der Waals surface area contributed by atoms with E-state index in [0.29, 0.717) is 0 Å². The molecular weight excluding hydrogens is 324 g/mol. The summed E-state index contributed by atoms with van der Waals surface area (Å²) in [7, 11) is 0. The summed E-state index contributed by atoms with van der Waals surface area (Å²) in [5.41, 5.74) is 6.52. The zero-order valence-electron chi connectivity index (χ0n) is 10.7. The molecule has 0 fully saturated rings. The van der Waals surface area contributed by atoms with E-state index in [0.717, 1.165) is 15.9 Å². The summed E-state index contributed by atoms with van der Waals surface area (Å²) in [5, 5.41) is 0.751. The summed E-state index contributed by atoms with van der Waals surface area (Å²) in [5.74, 6) is 5.70. The van der Waals surface area contributed by atoms with E-state index in [4.69, 9.17) is 17.4 Å². The third-order valence-electron chi connectivity index (χ3n) is 3.16. The van der Waals surface area contributed by atoms with Crippen molar-refractivity contribution in [2.24, 2.45) is 5.84 Å². The molecule has 0 radical (unpaired) electrons. The van der Waals surface area contributed by atoms with Gasteiger partial charge in [0.15, 0.2) is 0 Å². The lowest BCUT2D eigenvalue weighted by Crippen LogP contribution is -2.30. The van der Waals surface area contributed by atoms with Crippen LogP contribution >= 0.6 is 27.5 Å². The molecule has 0 saturated heterocycles. The zero-order valence-corrected chi connectivity index (χ0v) is 13.0. The molecule has 2 aromatic rings. The number of hydrogen-bond donors (Lipinski definition) is 2. The highest BCUT2D eigenvalue weighted by atomic mass is 79.9. The van der Waals surface area contributed by atoms with Crippen molar-refractivity contribution in [1.29, 1.82) is 0 Å². The molecule has 4 heteroatoms. The van der Waals surface area contributed by atoms with Crippen molar-refractivity contribution in [2.45, 2.75) is 19.4 Å². The smallest absolute Gasteiger partial charge is 0.0502 e. The van der Waals surface area contributed by atoms with Crippen LogP contribution in [0.4, 0.5) is 0 Å². The van der Waals surface area contributed by atoms with Gasteiger partial charge in [0.2, 0.25) is 0 Å². The van der Waals surface area contributed by atoms with Gasteiger partial charge in [-0.25, -0.2) is 0 Å². The van der Waals surface area contributed by atoms with E-state index in [2.05, 4.69) is 40.4 Å². The monoisotopic (exact) mass is 338 g/mol. The first-order chi connectivity index (χ1) is 9.10. The van der Waals surface area contributed by atoms with E-state index < -0.39 is 0 Å². The first-order valence-electron chi connectivity index (χ1n) is 6.07. The van der Waals surface area contributed by atoms with Crippen molar-refractivity contribution >= 4 is 27.5 Å². The van der Waals surface area contributed by atoms with Crippen LogP contribution in [0.3, 0.4) is 0 Å². The van der Waals surface area contributed by atoms with Gasteiger partial charge in [-0.3, -0.25) is 11.3 Å². The standard InChI is InChI=1S/C15H16BrClN2/c1-10-8-12(16)4-7-14(10)15(19-18)9-11-2-5-13(17)6-3-11/h2-8,15,19H,9,18H2,1H3. The van der Waals surface area contributed by atoms with Crippen LogP contribution in [0.1, 0.15) is 22.7 Å². The minimum atomic E-state index is 0.0919. The van der Waals surface area contributed by atoms with E-state index in [1.54, 1.807) is 0 Å². The van der Waals surface area contributed by atoms with Gasteiger partial charge in [-0.05, 0) is 54.3 Å². The minimum absolute atomic E-state index is 0.0919. The molecule has 0 spiro atoms. The molecule has 0 heterocycles. The van der Waals surface area contributed by atoms with Gasteiger partial charge in [0.1, 0.15) is 0 Å². The lowest BCUT2D eigenvalue weighted by molar-refractivity contribution is 0.549. The Morgan fingerprint density at radius 1 is 1.21 bits per heavy atom. The maximum absolute atomic E-state index is 5.90. The van der Waals surface area contributed by atoms with Gasteiger partial charge in [-0.15, -0.1) is 0 Å². The summed E-state index contributed by atoms with van der Waals surface area (Å²) < 4.78 is 1.08. The fourth-order valence-electron chi connectivity index (χ4n) is 2.14. The summed E-state index contributed by atoms with van der Waals surface area (Å²) >= 11 is 9.37. The quantitative estimate of drug-likeness (QED) is 0.648. The number of benzene rings is 2. The van der Waals surface area contributed by atoms with Crippen LogP contribution in [0, 0.1) is 6.92 Å². The van der Waals surface area contributed by atoms with E-state index >= 15 is 0 Å². The van der Waals surface area contributed by atoms with Gasteiger partial charge in [0.05, 0.1) is 6.04 Å². The van der Waals surface area contributed by atoms with Gasteiger partial charge in [0.25, 0.3) is 0 Å². The summed E-state index contributed by atoms with van der Waals surface area (Å²) in [6.07, 6.45) is 0.830. The van der Waals surface area contributed by atoms with Crippen LogP contribution in [0.15, 0.2) is 46.9 Å². The zero-order chi connectivity index (χ0) is 13.8. The SMILES string of the molecule is Cc1cc(Br)ccc1C(Cc1ccc(Cl)cc1)NN. The fourth-order valence-corrected chi connectivity index (χ4v) is 2.75. The number of hydrazine groups is 1. The predicted octanol–water partition coefficient (Wildman–Crippen LogP) is 4.16. The highest BCUT2D eigenvalue weighted by Crippen LogP contribution is 2.24. The molecule has 1 atom stereocenters. The number of hydrogen-bond acceptors (Lipinski definition) is 2. The Morgan fingerprint density at radius 2 is 1.89 bits per heavy atom. The topological polar surface area (TPSA) is 38.0 Å². The minimum Gasteiger partial charge on any atom is -0.271 e. The van der Waals surface area contributed by atoms with Crippen LogP contribution in [0.5, 0.6) is 0 Å². The molecule has 100 valence electrons. The van der Waals surface area contributed by atoms with Crippen molar-refractivity contribution < 1.29 is 0 Å². The number of nitrogens with one attached hydrogen (secondary N) is 1. The molecule has 0 amide bonds. The lowest BCUT2D eigenvalue weighted by Gasteiger charge is -2.19. The average Bonchev–Trinajstić information content (AvgIpc) is 2.39. The van der Waals surface area contributed by atoms with E-state index in [1.165, 1.54) is 16.7 Å². The number of nitrogens with two attached hydrogens (primary N) is 1.